The van der Waals surface area contributed by atoms with Crippen LogP contribution in [0.4, 0.5) is 0 Å². The maximum atomic E-state index is 12.8. The summed E-state index contributed by atoms with van der Waals surface area (Å²) in [6.45, 7) is 3.56. The average Bonchev–Trinajstić information content (AvgIpc) is 2.62. The van der Waals surface area contributed by atoms with E-state index >= 15 is 0 Å². The highest BCUT2D eigenvalue weighted by molar-refractivity contribution is 6.20. The van der Waals surface area contributed by atoms with Gasteiger partial charge in [0.25, 0.3) is 0 Å². The van der Waals surface area contributed by atoms with Gasteiger partial charge >= 0.3 is 5.97 Å². The number of allylic oxidation sites excluding steroid dienone is 2. The molecule has 1 N–H and O–H groups in total. The van der Waals surface area contributed by atoms with Gasteiger partial charge in [0, 0.05) is 5.92 Å². The summed E-state index contributed by atoms with van der Waals surface area (Å²) < 4.78 is 5.27. The molecule has 0 aromatic rings. The van der Waals surface area contributed by atoms with Crippen LogP contribution in [-0.2, 0) is 19.1 Å². The average molecular weight is 277 g/mol. The SMILES string of the molecule is CC[C@H]1C(=O)N[C@@]2(C(=O)[C@@H]3C=CCCC3)C(=O)O[C@@]12C. The highest BCUT2D eigenvalue weighted by atomic mass is 16.6. The lowest BCUT2D eigenvalue weighted by Gasteiger charge is -2.50. The zero-order valence-corrected chi connectivity index (χ0v) is 11.8. The van der Waals surface area contributed by atoms with Crippen LogP contribution in [0.15, 0.2) is 12.2 Å². The number of hydrogen-bond acceptors (Lipinski definition) is 4. The Labute approximate surface area is 117 Å². The molecule has 0 unspecified atom stereocenters. The predicted molar refractivity (Wildman–Crippen MR) is 70.6 cm³/mol. The minimum absolute atomic E-state index is 0.212. The first kappa shape index (κ1) is 13.3. The molecule has 1 aliphatic carbocycles. The van der Waals surface area contributed by atoms with Crippen LogP contribution >= 0.6 is 0 Å². The summed E-state index contributed by atoms with van der Waals surface area (Å²) in [7, 11) is 0. The van der Waals surface area contributed by atoms with Crippen molar-refractivity contribution in [3.8, 4) is 0 Å². The number of carbonyl (C=O) groups excluding carboxylic acids is 3. The van der Waals surface area contributed by atoms with Crippen LogP contribution < -0.4 is 5.32 Å². The third-order valence-electron chi connectivity index (χ3n) is 5.02. The number of fused-ring (bicyclic) bond motifs is 1. The van der Waals surface area contributed by atoms with Crippen LogP contribution in [0.2, 0.25) is 0 Å². The van der Waals surface area contributed by atoms with Gasteiger partial charge in [-0.15, -0.1) is 0 Å². The Balaban J connectivity index is 1.99. The molecular formula is C15H19NO4. The van der Waals surface area contributed by atoms with Crippen molar-refractivity contribution in [1.29, 1.82) is 0 Å². The lowest BCUT2D eigenvalue weighted by atomic mass is 9.65. The number of rotatable bonds is 3. The Morgan fingerprint density at radius 3 is 2.80 bits per heavy atom. The zero-order chi connectivity index (χ0) is 14.5. The van der Waals surface area contributed by atoms with Gasteiger partial charge in [0.05, 0.1) is 5.92 Å². The van der Waals surface area contributed by atoms with Gasteiger partial charge in [-0.2, -0.15) is 0 Å². The van der Waals surface area contributed by atoms with Crippen molar-refractivity contribution in [3.05, 3.63) is 12.2 Å². The molecule has 2 fully saturated rings. The topological polar surface area (TPSA) is 72.5 Å². The van der Waals surface area contributed by atoms with Crippen LogP contribution in [-0.4, -0.2) is 28.8 Å². The van der Waals surface area contributed by atoms with Gasteiger partial charge in [0.2, 0.25) is 11.4 Å². The summed E-state index contributed by atoms with van der Waals surface area (Å²) in [5.74, 6) is -1.82. The van der Waals surface area contributed by atoms with Crippen LogP contribution in [0.1, 0.15) is 39.5 Å². The molecule has 5 heteroatoms. The van der Waals surface area contributed by atoms with E-state index in [1.807, 2.05) is 19.1 Å². The van der Waals surface area contributed by atoms with Gasteiger partial charge in [-0.3, -0.25) is 9.59 Å². The van der Waals surface area contributed by atoms with E-state index < -0.39 is 23.0 Å². The minimum atomic E-state index is -1.46. The third kappa shape index (κ3) is 1.35. The number of ether oxygens (including phenoxy) is 1. The van der Waals surface area contributed by atoms with E-state index in [0.717, 1.165) is 19.3 Å². The quantitative estimate of drug-likeness (QED) is 0.477. The summed E-state index contributed by atoms with van der Waals surface area (Å²) in [5, 5.41) is 2.66. The molecule has 108 valence electrons. The van der Waals surface area contributed by atoms with E-state index in [4.69, 9.17) is 4.74 Å². The molecule has 3 rings (SSSR count). The van der Waals surface area contributed by atoms with E-state index in [-0.39, 0.29) is 17.6 Å². The number of ketones is 1. The first-order valence-corrected chi connectivity index (χ1v) is 7.24. The fraction of sp³-hybridized carbons (Fsp3) is 0.667. The molecule has 1 amide bonds. The molecule has 5 nitrogen and oxygen atoms in total. The summed E-state index contributed by atoms with van der Waals surface area (Å²) in [6, 6.07) is 0. The van der Waals surface area contributed by atoms with E-state index in [1.165, 1.54) is 0 Å². The van der Waals surface area contributed by atoms with Crippen molar-refractivity contribution in [1.82, 2.24) is 5.32 Å². The third-order valence-corrected chi connectivity index (χ3v) is 5.02. The molecule has 3 aliphatic rings. The molecule has 0 aromatic carbocycles. The Morgan fingerprint density at radius 1 is 1.50 bits per heavy atom. The second-order valence-electron chi connectivity index (χ2n) is 6.03. The molecule has 0 aromatic heterocycles. The molecule has 2 saturated heterocycles. The van der Waals surface area contributed by atoms with Crippen molar-refractivity contribution >= 4 is 17.7 Å². The van der Waals surface area contributed by atoms with Gasteiger partial charge in [0.1, 0.15) is 0 Å². The van der Waals surface area contributed by atoms with E-state index in [1.54, 1.807) is 6.92 Å². The van der Waals surface area contributed by atoms with Crippen LogP contribution in [0.3, 0.4) is 0 Å². The summed E-state index contributed by atoms with van der Waals surface area (Å²) in [6.07, 6.45) is 7.00. The van der Waals surface area contributed by atoms with Crippen LogP contribution in [0.5, 0.6) is 0 Å². The second kappa shape index (κ2) is 4.17. The molecule has 20 heavy (non-hydrogen) atoms. The van der Waals surface area contributed by atoms with E-state index in [0.29, 0.717) is 6.42 Å². The maximum absolute atomic E-state index is 12.8. The molecule has 2 heterocycles. The van der Waals surface area contributed by atoms with Gasteiger partial charge in [-0.05, 0) is 32.6 Å². The number of Topliss-reactive ketones (excluding diaryl/α,β-unsaturated/α-hetero) is 1. The van der Waals surface area contributed by atoms with Crippen LogP contribution in [0, 0.1) is 11.8 Å². The molecular weight excluding hydrogens is 258 g/mol. The monoisotopic (exact) mass is 277 g/mol. The lowest BCUT2D eigenvalue weighted by Crippen LogP contribution is -2.78. The molecule has 2 aliphatic heterocycles. The van der Waals surface area contributed by atoms with E-state index in [2.05, 4.69) is 5.32 Å². The van der Waals surface area contributed by atoms with Gasteiger partial charge in [-0.1, -0.05) is 19.1 Å². The highest BCUT2D eigenvalue weighted by Crippen LogP contribution is 2.51. The van der Waals surface area contributed by atoms with Crippen molar-refractivity contribution in [2.24, 2.45) is 11.8 Å². The lowest BCUT2D eigenvalue weighted by molar-refractivity contribution is -0.218. The molecule has 0 bridgehead atoms. The largest absolute Gasteiger partial charge is 0.453 e. The number of hydrogen-bond donors (Lipinski definition) is 1. The summed E-state index contributed by atoms with van der Waals surface area (Å²) >= 11 is 0. The van der Waals surface area contributed by atoms with Crippen molar-refractivity contribution in [2.45, 2.75) is 50.7 Å². The van der Waals surface area contributed by atoms with Gasteiger partial charge < -0.3 is 10.1 Å². The fourth-order valence-corrected chi connectivity index (χ4v) is 3.82. The number of esters is 1. The Kier molecular flexibility index (Phi) is 2.78. The first-order chi connectivity index (χ1) is 9.47. The maximum Gasteiger partial charge on any atom is 0.344 e. The summed E-state index contributed by atoms with van der Waals surface area (Å²) in [5.41, 5.74) is -2.49. The number of nitrogens with one attached hydrogen (secondary N) is 1. The minimum Gasteiger partial charge on any atom is -0.453 e. The smallest absolute Gasteiger partial charge is 0.344 e. The number of amides is 1. The van der Waals surface area contributed by atoms with Crippen molar-refractivity contribution in [3.63, 3.8) is 0 Å². The predicted octanol–water partition coefficient (Wildman–Crippen LogP) is 1.12. The standard InChI is InChI=1S/C15H19NO4/c1-3-10-12(18)16-15(13(19)20-14(10,15)2)11(17)9-7-5-4-6-8-9/h5,7,9-10H,3-4,6,8H2,1-2H3,(H,16,18)/t9-,10+,14+,15+/m1/s1. The Morgan fingerprint density at radius 2 is 2.25 bits per heavy atom. The van der Waals surface area contributed by atoms with Gasteiger partial charge in [-0.25, -0.2) is 4.79 Å². The molecule has 0 radical (unpaired) electrons. The first-order valence-electron chi connectivity index (χ1n) is 7.24. The fourth-order valence-electron chi connectivity index (χ4n) is 3.82. The molecule has 4 atom stereocenters. The van der Waals surface area contributed by atoms with E-state index in [9.17, 15) is 14.4 Å². The zero-order valence-electron chi connectivity index (χ0n) is 11.8. The summed E-state index contributed by atoms with van der Waals surface area (Å²) in [4.78, 5) is 37.0. The second-order valence-corrected chi connectivity index (χ2v) is 6.03. The van der Waals surface area contributed by atoms with Crippen molar-refractivity contribution in [2.75, 3.05) is 0 Å². The Bertz CT molecular complexity index is 526. The van der Waals surface area contributed by atoms with Crippen molar-refractivity contribution < 1.29 is 19.1 Å². The normalized spacial score (nSPS) is 42.5. The highest BCUT2D eigenvalue weighted by Gasteiger charge is 2.79. The number of carbonyl (C=O) groups is 3. The Hall–Kier alpha value is -1.65. The molecule has 0 spiro atoms. The van der Waals surface area contributed by atoms with Gasteiger partial charge in [0.15, 0.2) is 11.4 Å². The molecule has 0 saturated carbocycles. The van der Waals surface area contributed by atoms with Crippen LogP contribution in [0.25, 0.3) is 0 Å².